The zero-order chi connectivity index (χ0) is 14.4. The van der Waals surface area contributed by atoms with E-state index in [9.17, 15) is 0 Å². The highest BCUT2D eigenvalue weighted by Gasteiger charge is 2.41. The first-order chi connectivity index (χ1) is 9.71. The summed E-state index contributed by atoms with van der Waals surface area (Å²) in [6.07, 6.45) is 7.94. The molecule has 0 atom stereocenters. The molecule has 0 aliphatic heterocycles. The van der Waals surface area contributed by atoms with E-state index in [0.717, 1.165) is 49.8 Å². The molecular weight excluding hydrogens is 268 g/mol. The third-order valence-corrected chi connectivity index (χ3v) is 5.05. The Bertz CT molecular complexity index is 432. The number of thioether (sulfide) groups is 1. The zero-order valence-corrected chi connectivity index (χ0v) is 13.6. The molecule has 1 aliphatic carbocycles. The van der Waals surface area contributed by atoms with Crippen molar-refractivity contribution in [1.29, 1.82) is 0 Å². The van der Waals surface area contributed by atoms with Crippen LogP contribution in [0.5, 0.6) is 0 Å². The fourth-order valence-electron chi connectivity index (χ4n) is 2.11. The van der Waals surface area contributed by atoms with Crippen molar-refractivity contribution in [2.45, 2.75) is 50.7 Å². The predicted molar refractivity (Wildman–Crippen MR) is 88.8 cm³/mol. The van der Waals surface area contributed by atoms with E-state index in [1.165, 1.54) is 12.8 Å². The highest BCUT2D eigenvalue weighted by molar-refractivity contribution is 8.00. The van der Waals surface area contributed by atoms with Crippen LogP contribution in [0, 0.1) is 0 Å². The van der Waals surface area contributed by atoms with Gasteiger partial charge in [0.2, 0.25) is 0 Å². The van der Waals surface area contributed by atoms with Crippen molar-refractivity contribution >= 4 is 23.4 Å². The lowest BCUT2D eigenvalue weighted by Gasteiger charge is -2.15. The van der Waals surface area contributed by atoms with E-state index in [-0.39, 0.29) is 0 Å². The standard InChI is InChI=1S/C15H26N4S/c1-4-6-12-18-13(16-9-5-2)10-14(19-12)17-11-15(20-3)7-8-15/h10H,4-9,11H2,1-3H3,(H2,16,17,18,19). The van der Waals surface area contributed by atoms with E-state index in [4.69, 9.17) is 0 Å². The van der Waals surface area contributed by atoms with Gasteiger partial charge in [-0.15, -0.1) is 0 Å². The van der Waals surface area contributed by atoms with E-state index >= 15 is 0 Å². The van der Waals surface area contributed by atoms with Crippen LogP contribution in [0.1, 0.15) is 45.4 Å². The Kier molecular flexibility index (Phi) is 5.52. The summed E-state index contributed by atoms with van der Waals surface area (Å²) in [7, 11) is 0. The Morgan fingerprint density at radius 1 is 1.15 bits per heavy atom. The Labute approximate surface area is 126 Å². The Hall–Kier alpha value is -0.970. The molecule has 1 aliphatic rings. The van der Waals surface area contributed by atoms with Gasteiger partial charge in [-0.05, 0) is 31.9 Å². The number of hydrogen-bond acceptors (Lipinski definition) is 5. The molecule has 2 rings (SSSR count). The lowest BCUT2D eigenvalue weighted by molar-refractivity contribution is 0.828. The number of nitrogens with zero attached hydrogens (tertiary/aromatic N) is 2. The molecule has 0 spiro atoms. The average molecular weight is 294 g/mol. The summed E-state index contributed by atoms with van der Waals surface area (Å²) in [6.45, 7) is 6.28. The summed E-state index contributed by atoms with van der Waals surface area (Å²) < 4.78 is 0.451. The van der Waals surface area contributed by atoms with E-state index < -0.39 is 0 Å². The molecule has 20 heavy (non-hydrogen) atoms. The van der Waals surface area contributed by atoms with Crippen LogP contribution in [0.2, 0.25) is 0 Å². The van der Waals surface area contributed by atoms with Gasteiger partial charge in [-0.2, -0.15) is 11.8 Å². The summed E-state index contributed by atoms with van der Waals surface area (Å²) in [5, 5.41) is 6.87. The van der Waals surface area contributed by atoms with E-state index in [1.54, 1.807) is 0 Å². The number of hydrogen-bond donors (Lipinski definition) is 2. The molecule has 5 heteroatoms. The molecule has 1 heterocycles. The molecule has 0 bridgehead atoms. The Balaban J connectivity index is 2.03. The second kappa shape index (κ2) is 7.16. The maximum Gasteiger partial charge on any atom is 0.133 e. The van der Waals surface area contributed by atoms with Crippen LogP contribution in [0.3, 0.4) is 0 Å². The van der Waals surface area contributed by atoms with Crippen LogP contribution < -0.4 is 10.6 Å². The topological polar surface area (TPSA) is 49.8 Å². The molecule has 2 N–H and O–H groups in total. The molecule has 0 radical (unpaired) electrons. The molecule has 1 aromatic heterocycles. The summed E-state index contributed by atoms with van der Waals surface area (Å²) in [5.41, 5.74) is 0. The molecule has 0 unspecified atom stereocenters. The lowest BCUT2D eigenvalue weighted by Crippen LogP contribution is -2.19. The first-order valence-corrected chi connectivity index (χ1v) is 8.84. The van der Waals surface area contributed by atoms with Crippen molar-refractivity contribution in [3.05, 3.63) is 11.9 Å². The first kappa shape index (κ1) is 15.4. The van der Waals surface area contributed by atoms with Gasteiger partial charge in [-0.3, -0.25) is 0 Å². The third-order valence-electron chi connectivity index (χ3n) is 3.63. The first-order valence-electron chi connectivity index (χ1n) is 7.62. The fourth-order valence-corrected chi connectivity index (χ4v) is 2.84. The summed E-state index contributed by atoms with van der Waals surface area (Å²) >= 11 is 1.97. The monoisotopic (exact) mass is 294 g/mol. The van der Waals surface area contributed by atoms with Gasteiger partial charge in [0, 0.05) is 30.3 Å². The maximum atomic E-state index is 4.62. The van der Waals surface area contributed by atoms with Crippen molar-refractivity contribution in [1.82, 2.24) is 9.97 Å². The predicted octanol–water partition coefficient (Wildman–Crippen LogP) is 3.56. The van der Waals surface area contributed by atoms with Crippen molar-refractivity contribution in [3.63, 3.8) is 0 Å². The minimum atomic E-state index is 0.451. The molecular formula is C15H26N4S. The number of nitrogens with one attached hydrogen (secondary N) is 2. The average Bonchev–Trinajstić information content (AvgIpc) is 3.24. The molecule has 0 saturated heterocycles. The van der Waals surface area contributed by atoms with Crippen molar-refractivity contribution in [3.8, 4) is 0 Å². The van der Waals surface area contributed by atoms with Gasteiger partial charge in [0.15, 0.2) is 0 Å². The quantitative estimate of drug-likeness (QED) is 0.729. The van der Waals surface area contributed by atoms with E-state index in [2.05, 4.69) is 40.7 Å². The van der Waals surface area contributed by atoms with Crippen LogP contribution in [-0.4, -0.2) is 34.1 Å². The zero-order valence-electron chi connectivity index (χ0n) is 12.8. The maximum absolute atomic E-state index is 4.62. The number of aryl methyl sites for hydroxylation is 1. The highest BCUT2D eigenvalue weighted by atomic mass is 32.2. The van der Waals surface area contributed by atoms with Crippen LogP contribution in [0.4, 0.5) is 11.6 Å². The van der Waals surface area contributed by atoms with Gasteiger partial charge in [-0.1, -0.05) is 13.8 Å². The minimum absolute atomic E-state index is 0.451. The van der Waals surface area contributed by atoms with Gasteiger partial charge in [0.05, 0.1) is 0 Å². The van der Waals surface area contributed by atoms with Gasteiger partial charge in [0.25, 0.3) is 0 Å². The van der Waals surface area contributed by atoms with Gasteiger partial charge in [-0.25, -0.2) is 9.97 Å². The van der Waals surface area contributed by atoms with E-state index in [1.807, 2.05) is 17.8 Å². The SMILES string of the molecule is CCCNc1cc(NCC2(SC)CC2)nc(CCC)n1. The number of anilines is 2. The molecule has 0 aromatic carbocycles. The molecule has 1 fully saturated rings. The molecule has 4 nitrogen and oxygen atoms in total. The molecule has 112 valence electrons. The summed E-state index contributed by atoms with van der Waals surface area (Å²) in [5.74, 6) is 2.84. The molecule has 0 amide bonds. The minimum Gasteiger partial charge on any atom is -0.370 e. The lowest BCUT2D eigenvalue weighted by atomic mass is 10.3. The molecule has 1 saturated carbocycles. The fraction of sp³-hybridized carbons (Fsp3) is 0.733. The second-order valence-electron chi connectivity index (χ2n) is 5.47. The number of rotatable bonds is 9. The third kappa shape index (κ3) is 4.27. The summed E-state index contributed by atoms with van der Waals surface area (Å²) in [4.78, 5) is 9.20. The Morgan fingerprint density at radius 3 is 2.40 bits per heavy atom. The Morgan fingerprint density at radius 2 is 1.85 bits per heavy atom. The van der Waals surface area contributed by atoms with Crippen molar-refractivity contribution in [2.24, 2.45) is 0 Å². The molecule has 1 aromatic rings. The summed E-state index contributed by atoms with van der Waals surface area (Å²) in [6, 6.07) is 2.03. The smallest absolute Gasteiger partial charge is 0.133 e. The van der Waals surface area contributed by atoms with Crippen molar-refractivity contribution < 1.29 is 0 Å². The van der Waals surface area contributed by atoms with E-state index in [0.29, 0.717) is 4.75 Å². The number of aromatic nitrogens is 2. The van der Waals surface area contributed by atoms with Crippen molar-refractivity contribution in [2.75, 3.05) is 30.0 Å². The second-order valence-corrected chi connectivity index (χ2v) is 6.75. The van der Waals surface area contributed by atoms with Crippen LogP contribution in [0.25, 0.3) is 0 Å². The van der Waals surface area contributed by atoms with Gasteiger partial charge < -0.3 is 10.6 Å². The van der Waals surface area contributed by atoms with Crippen LogP contribution in [-0.2, 0) is 6.42 Å². The van der Waals surface area contributed by atoms with Gasteiger partial charge >= 0.3 is 0 Å². The highest BCUT2D eigenvalue weighted by Crippen LogP contribution is 2.46. The van der Waals surface area contributed by atoms with Crippen LogP contribution in [0.15, 0.2) is 6.07 Å². The largest absolute Gasteiger partial charge is 0.370 e. The van der Waals surface area contributed by atoms with Gasteiger partial charge in [0.1, 0.15) is 17.5 Å². The normalized spacial score (nSPS) is 15.9. The van der Waals surface area contributed by atoms with Crippen LogP contribution >= 0.6 is 11.8 Å².